The zero-order chi connectivity index (χ0) is 18.0. The summed E-state index contributed by atoms with van der Waals surface area (Å²) in [6.07, 6.45) is 4.25. The van der Waals surface area contributed by atoms with Crippen LogP contribution in [0.2, 0.25) is 0 Å². The fourth-order valence-electron chi connectivity index (χ4n) is 2.62. The van der Waals surface area contributed by atoms with Crippen LogP contribution >= 0.6 is 0 Å². The van der Waals surface area contributed by atoms with E-state index >= 15 is 0 Å². The van der Waals surface area contributed by atoms with Gasteiger partial charge in [0.25, 0.3) is 5.91 Å². The van der Waals surface area contributed by atoms with Crippen LogP contribution in [0.3, 0.4) is 0 Å². The van der Waals surface area contributed by atoms with Gasteiger partial charge in [0.1, 0.15) is 0 Å². The molecular formula is C17H22N4O3S. The third-order valence-corrected chi connectivity index (χ3v) is 5.75. The highest BCUT2D eigenvalue weighted by atomic mass is 32.2. The van der Waals surface area contributed by atoms with Crippen LogP contribution in [0.15, 0.2) is 41.4 Å². The number of amides is 1. The van der Waals surface area contributed by atoms with E-state index in [1.165, 1.54) is 24.3 Å². The predicted molar refractivity (Wildman–Crippen MR) is 93.5 cm³/mol. The second-order valence-electron chi connectivity index (χ2n) is 6.23. The van der Waals surface area contributed by atoms with E-state index in [4.69, 9.17) is 0 Å². The Morgan fingerprint density at radius 2 is 1.96 bits per heavy atom. The number of carbonyl (C=O) groups excluding carboxylic acids is 1. The van der Waals surface area contributed by atoms with Gasteiger partial charge in [0.15, 0.2) is 0 Å². The Morgan fingerprint density at radius 1 is 1.28 bits per heavy atom. The molecule has 0 bridgehead atoms. The maximum absolute atomic E-state index is 12.6. The number of rotatable bonds is 7. The summed E-state index contributed by atoms with van der Waals surface area (Å²) in [6, 6.07) is 7.69. The number of aryl methyl sites for hydroxylation is 1. The molecule has 1 aromatic heterocycles. The molecule has 7 nitrogen and oxygen atoms in total. The lowest BCUT2D eigenvalue weighted by Crippen LogP contribution is -2.30. The molecule has 1 aliphatic rings. The van der Waals surface area contributed by atoms with Crippen molar-refractivity contribution in [1.29, 1.82) is 0 Å². The molecule has 1 aromatic carbocycles. The lowest BCUT2D eigenvalue weighted by Gasteiger charge is -2.17. The highest BCUT2D eigenvalue weighted by Crippen LogP contribution is 2.21. The fourth-order valence-corrected chi connectivity index (χ4v) is 3.91. The van der Waals surface area contributed by atoms with Gasteiger partial charge in [-0.2, -0.15) is 5.10 Å². The van der Waals surface area contributed by atoms with Gasteiger partial charge in [-0.15, -0.1) is 0 Å². The minimum absolute atomic E-state index is 0.135. The van der Waals surface area contributed by atoms with E-state index in [1.54, 1.807) is 24.0 Å². The highest BCUT2D eigenvalue weighted by molar-refractivity contribution is 7.89. The Bertz CT molecular complexity index is 854. The van der Waals surface area contributed by atoms with Crippen LogP contribution in [-0.2, 0) is 17.1 Å². The number of nitrogens with zero attached hydrogens (tertiary/aromatic N) is 2. The van der Waals surface area contributed by atoms with Crippen molar-refractivity contribution in [3.8, 4) is 0 Å². The average molecular weight is 362 g/mol. The van der Waals surface area contributed by atoms with Crippen LogP contribution in [0.25, 0.3) is 0 Å². The van der Waals surface area contributed by atoms with E-state index < -0.39 is 10.0 Å². The van der Waals surface area contributed by atoms with E-state index in [9.17, 15) is 13.2 Å². The smallest absolute Gasteiger partial charge is 0.251 e. The fraction of sp³-hybridized carbons (Fsp3) is 0.412. The van der Waals surface area contributed by atoms with Gasteiger partial charge in [-0.25, -0.2) is 13.1 Å². The van der Waals surface area contributed by atoms with Crippen LogP contribution in [0.1, 0.15) is 48.3 Å². The molecule has 1 unspecified atom stereocenters. The lowest BCUT2D eigenvalue weighted by atomic mass is 10.2. The molecule has 0 saturated heterocycles. The summed E-state index contributed by atoms with van der Waals surface area (Å²) in [4.78, 5) is 12.1. The molecule has 0 radical (unpaired) electrons. The molecule has 134 valence electrons. The highest BCUT2D eigenvalue weighted by Gasteiger charge is 2.25. The maximum atomic E-state index is 12.6. The summed E-state index contributed by atoms with van der Waals surface area (Å²) in [5.41, 5.74) is 1.26. The van der Waals surface area contributed by atoms with Gasteiger partial charge in [0.2, 0.25) is 10.0 Å². The summed E-state index contributed by atoms with van der Waals surface area (Å²) < 4.78 is 29.6. The molecule has 8 heteroatoms. The summed E-state index contributed by atoms with van der Waals surface area (Å²) in [5.74, 6) is -0.166. The van der Waals surface area contributed by atoms with Gasteiger partial charge < -0.3 is 5.32 Å². The Kier molecular flexibility index (Phi) is 4.91. The van der Waals surface area contributed by atoms with Crippen molar-refractivity contribution in [2.24, 2.45) is 7.05 Å². The molecule has 3 rings (SSSR count). The van der Waals surface area contributed by atoms with E-state index in [-0.39, 0.29) is 22.9 Å². The van der Waals surface area contributed by atoms with Gasteiger partial charge in [0, 0.05) is 24.8 Å². The van der Waals surface area contributed by atoms with Gasteiger partial charge >= 0.3 is 0 Å². The van der Waals surface area contributed by atoms with Crippen molar-refractivity contribution in [2.75, 3.05) is 0 Å². The Morgan fingerprint density at radius 3 is 2.48 bits per heavy atom. The number of carbonyl (C=O) groups is 1. The molecule has 1 amide bonds. The topological polar surface area (TPSA) is 93.1 Å². The molecule has 25 heavy (non-hydrogen) atoms. The minimum Gasteiger partial charge on any atom is -0.349 e. The number of hydrogen-bond acceptors (Lipinski definition) is 4. The standard InChI is InChI=1S/C17H22N4O3S/c1-3-15(16-10-11-18-21(16)2)20-25(23,24)14-8-4-12(5-9-14)17(22)19-13-6-7-13/h4-5,8-11,13,15,20H,3,6-7H2,1-2H3,(H,19,22). The number of benzene rings is 1. The zero-order valence-electron chi connectivity index (χ0n) is 14.3. The van der Waals surface area contributed by atoms with Crippen LogP contribution in [0.5, 0.6) is 0 Å². The van der Waals surface area contributed by atoms with E-state index in [0.29, 0.717) is 12.0 Å². The second-order valence-corrected chi connectivity index (χ2v) is 7.95. The molecule has 1 atom stereocenters. The monoisotopic (exact) mass is 362 g/mol. The molecule has 0 aliphatic heterocycles. The van der Waals surface area contributed by atoms with Crippen molar-refractivity contribution in [2.45, 2.75) is 43.2 Å². The van der Waals surface area contributed by atoms with Crippen molar-refractivity contribution >= 4 is 15.9 Å². The van der Waals surface area contributed by atoms with Crippen LogP contribution in [0, 0.1) is 0 Å². The third-order valence-electron chi connectivity index (χ3n) is 4.26. The average Bonchev–Trinajstić information content (AvgIpc) is 3.31. The molecule has 2 N–H and O–H groups in total. The molecule has 1 saturated carbocycles. The first-order valence-electron chi connectivity index (χ1n) is 8.32. The summed E-state index contributed by atoms with van der Waals surface area (Å²) in [5, 5.41) is 6.97. The number of nitrogens with one attached hydrogen (secondary N) is 2. The van der Waals surface area contributed by atoms with Crippen LogP contribution in [0.4, 0.5) is 0 Å². The number of aromatic nitrogens is 2. The molecule has 1 aliphatic carbocycles. The molecule has 2 aromatic rings. The zero-order valence-corrected chi connectivity index (χ0v) is 15.1. The van der Waals surface area contributed by atoms with Gasteiger partial charge in [-0.1, -0.05) is 6.92 Å². The molecule has 1 heterocycles. The normalized spacial score (nSPS) is 15.8. The molecular weight excluding hydrogens is 340 g/mol. The van der Waals surface area contributed by atoms with Gasteiger partial charge in [-0.3, -0.25) is 9.48 Å². The molecule has 1 fully saturated rings. The summed E-state index contributed by atoms with van der Waals surface area (Å²) in [6.45, 7) is 1.91. The maximum Gasteiger partial charge on any atom is 0.251 e. The first-order chi connectivity index (χ1) is 11.9. The largest absolute Gasteiger partial charge is 0.349 e. The Hall–Kier alpha value is -2.19. The van der Waals surface area contributed by atoms with Crippen molar-refractivity contribution in [3.05, 3.63) is 47.8 Å². The van der Waals surface area contributed by atoms with Gasteiger partial charge in [-0.05, 0) is 49.6 Å². The Balaban J connectivity index is 1.74. The summed E-state index contributed by atoms with van der Waals surface area (Å²) in [7, 11) is -1.91. The number of hydrogen-bond donors (Lipinski definition) is 2. The predicted octanol–water partition coefficient (Wildman–Crippen LogP) is 1.74. The first kappa shape index (κ1) is 17.6. The van der Waals surface area contributed by atoms with E-state index in [1.807, 2.05) is 6.92 Å². The quantitative estimate of drug-likeness (QED) is 0.785. The lowest BCUT2D eigenvalue weighted by molar-refractivity contribution is 0.0951. The minimum atomic E-state index is -3.69. The van der Waals surface area contributed by atoms with Crippen molar-refractivity contribution in [3.63, 3.8) is 0 Å². The Labute approximate surface area is 147 Å². The van der Waals surface area contributed by atoms with Crippen LogP contribution < -0.4 is 10.0 Å². The summed E-state index contributed by atoms with van der Waals surface area (Å²) >= 11 is 0. The van der Waals surface area contributed by atoms with E-state index in [0.717, 1.165) is 18.5 Å². The second kappa shape index (κ2) is 6.97. The third kappa shape index (κ3) is 4.08. The van der Waals surface area contributed by atoms with Crippen LogP contribution in [-0.4, -0.2) is 30.1 Å². The molecule has 0 spiro atoms. The van der Waals surface area contributed by atoms with Crippen molar-refractivity contribution in [1.82, 2.24) is 19.8 Å². The SMILES string of the molecule is CCC(NS(=O)(=O)c1ccc(C(=O)NC2CC2)cc1)c1ccnn1C. The van der Waals surface area contributed by atoms with E-state index in [2.05, 4.69) is 15.1 Å². The van der Waals surface area contributed by atoms with Gasteiger partial charge in [0.05, 0.1) is 16.6 Å². The first-order valence-corrected chi connectivity index (χ1v) is 9.80. The number of sulfonamides is 1. The van der Waals surface area contributed by atoms with Crippen molar-refractivity contribution < 1.29 is 13.2 Å².